The first-order valence-corrected chi connectivity index (χ1v) is 12.6. The maximum Gasteiger partial charge on any atom is 0.214 e. The van der Waals surface area contributed by atoms with Crippen molar-refractivity contribution in [2.75, 3.05) is 17.8 Å². The lowest BCUT2D eigenvalue weighted by Gasteiger charge is -2.22. The number of anilines is 1. The smallest absolute Gasteiger partial charge is 0.214 e. The van der Waals surface area contributed by atoms with Gasteiger partial charge in [0.15, 0.2) is 15.6 Å². The van der Waals surface area contributed by atoms with E-state index >= 15 is 0 Å². The number of hydrogen-bond acceptors (Lipinski definition) is 5. The highest BCUT2D eigenvalue weighted by Gasteiger charge is 2.32. The molecule has 0 unspecified atom stereocenters. The van der Waals surface area contributed by atoms with Gasteiger partial charge in [0, 0.05) is 23.0 Å². The van der Waals surface area contributed by atoms with Crippen molar-refractivity contribution in [2.24, 2.45) is 0 Å². The summed E-state index contributed by atoms with van der Waals surface area (Å²) >= 11 is 0. The molecule has 1 aliphatic rings. The van der Waals surface area contributed by atoms with Gasteiger partial charge in [-0.25, -0.2) is 13.4 Å². The van der Waals surface area contributed by atoms with Crippen LogP contribution in [0.1, 0.15) is 25.3 Å². The summed E-state index contributed by atoms with van der Waals surface area (Å²) in [5.41, 5.74) is 4.67. The molecule has 170 valence electrons. The van der Waals surface area contributed by atoms with Crippen LogP contribution in [0.15, 0.2) is 47.5 Å². The Labute approximate surface area is 192 Å². The number of nitrogens with one attached hydrogen (secondary N) is 1. The highest BCUT2D eigenvalue weighted by molar-refractivity contribution is 7.91. The monoisotopic (exact) mass is 463 g/mol. The van der Waals surface area contributed by atoms with Crippen LogP contribution in [0.4, 0.5) is 5.69 Å². The summed E-state index contributed by atoms with van der Waals surface area (Å²) in [6.07, 6.45) is 4.51. The molecule has 2 aromatic carbocycles. The van der Waals surface area contributed by atoms with Gasteiger partial charge in [-0.2, -0.15) is 0 Å². The number of H-pyrrole nitrogens is 1. The molecule has 0 spiro atoms. The number of aryl methyl sites for hydroxylation is 1. The number of ether oxygens (including phenoxy) is 1. The first kappa shape index (κ1) is 21.5. The fraction of sp³-hybridized carbons (Fsp3) is 0.280. The molecule has 0 radical (unpaired) electrons. The van der Waals surface area contributed by atoms with E-state index in [9.17, 15) is 13.2 Å². The fourth-order valence-electron chi connectivity index (χ4n) is 4.37. The molecule has 0 bridgehead atoms. The summed E-state index contributed by atoms with van der Waals surface area (Å²) in [5.74, 6) is 0.594. The number of fused-ring (bicyclic) bond motifs is 3. The molecule has 0 aliphatic heterocycles. The number of nitrogens with zero attached hydrogens (tertiary/aromatic N) is 2. The van der Waals surface area contributed by atoms with E-state index in [1.165, 1.54) is 0 Å². The summed E-state index contributed by atoms with van der Waals surface area (Å²) < 4.78 is 31.0. The Kier molecular flexibility index (Phi) is 5.12. The van der Waals surface area contributed by atoms with Gasteiger partial charge in [-0.1, -0.05) is 19.1 Å². The van der Waals surface area contributed by atoms with Gasteiger partial charge in [-0.3, -0.25) is 4.79 Å². The molecule has 4 aromatic rings. The number of pyridine rings is 1. The number of carbonyl (C=O) groups is 1. The Morgan fingerprint density at radius 3 is 2.70 bits per heavy atom. The van der Waals surface area contributed by atoms with Gasteiger partial charge in [-0.05, 0) is 60.7 Å². The Morgan fingerprint density at radius 1 is 1.24 bits per heavy atom. The quantitative estimate of drug-likeness (QED) is 0.404. The second-order valence-corrected chi connectivity index (χ2v) is 10.7. The van der Waals surface area contributed by atoms with Gasteiger partial charge in [0.25, 0.3) is 0 Å². The molecule has 1 saturated carbocycles. The Hall–Kier alpha value is -3.39. The van der Waals surface area contributed by atoms with Gasteiger partial charge >= 0.3 is 0 Å². The van der Waals surface area contributed by atoms with Crippen LogP contribution < -0.4 is 9.64 Å². The lowest BCUT2D eigenvalue weighted by atomic mass is 9.97. The summed E-state index contributed by atoms with van der Waals surface area (Å²) in [4.78, 5) is 22.0. The van der Waals surface area contributed by atoms with Crippen molar-refractivity contribution in [3.63, 3.8) is 0 Å². The maximum absolute atomic E-state index is 12.6. The van der Waals surface area contributed by atoms with Crippen LogP contribution in [0.5, 0.6) is 5.75 Å². The summed E-state index contributed by atoms with van der Waals surface area (Å²) in [6.45, 7) is 3.61. The minimum atomic E-state index is -3.38. The van der Waals surface area contributed by atoms with E-state index in [0.29, 0.717) is 17.1 Å². The highest BCUT2D eigenvalue weighted by Crippen LogP contribution is 2.47. The van der Waals surface area contributed by atoms with Crippen molar-refractivity contribution in [3.05, 3.63) is 48.2 Å². The summed E-state index contributed by atoms with van der Waals surface area (Å²) in [7, 11) is -1.79. The molecule has 1 fully saturated rings. The molecule has 2 heterocycles. The largest absolute Gasteiger partial charge is 0.492 e. The summed E-state index contributed by atoms with van der Waals surface area (Å²) in [5, 5.41) is 1.80. The minimum Gasteiger partial charge on any atom is -0.492 e. The van der Waals surface area contributed by atoms with Gasteiger partial charge in [0.1, 0.15) is 5.65 Å². The van der Waals surface area contributed by atoms with Crippen molar-refractivity contribution in [1.29, 1.82) is 0 Å². The van der Waals surface area contributed by atoms with E-state index < -0.39 is 9.84 Å². The van der Waals surface area contributed by atoms with Crippen molar-refractivity contribution >= 4 is 43.9 Å². The van der Waals surface area contributed by atoms with Crippen LogP contribution in [0.2, 0.25) is 0 Å². The van der Waals surface area contributed by atoms with E-state index in [0.717, 1.165) is 52.2 Å². The third kappa shape index (κ3) is 3.54. The average Bonchev–Trinajstić information content (AvgIpc) is 3.59. The molecule has 1 aliphatic carbocycles. The highest BCUT2D eigenvalue weighted by atomic mass is 32.2. The van der Waals surface area contributed by atoms with Crippen LogP contribution >= 0.6 is 0 Å². The molecule has 0 saturated heterocycles. The normalized spacial score (nSPS) is 14.0. The molecule has 0 atom stereocenters. The minimum absolute atomic E-state index is 0.0243. The van der Waals surface area contributed by atoms with Crippen molar-refractivity contribution in [1.82, 2.24) is 9.97 Å². The zero-order chi connectivity index (χ0) is 23.3. The van der Waals surface area contributed by atoms with E-state index in [1.807, 2.05) is 19.1 Å². The van der Waals surface area contributed by atoms with Crippen LogP contribution in [-0.4, -0.2) is 43.7 Å². The first-order chi connectivity index (χ1) is 15.9. The van der Waals surface area contributed by atoms with Crippen LogP contribution in [0, 0.1) is 6.92 Å². The van der Waals surface area contributed by atoms with E-state index in [2.05, 4.69) is 16.0 Å². The number of rotatable bonds is 7. The lowest BCUT2D eigenvalue weighted by Crippen LogP contribution is -2.24. The van der Waals surface area contributed by atoms with Crippen LogP contribution in [0.3, 0.4) is 0 Å². The predicted molar refractivity (Wildman–Crippen MR) is 130 cm³/mol. The van der Waals surface area contributed by atoms with Gasteiger partial charge in [0.2, 0.25) is 6.41 Å². The first-order valence-electron chi connectivity index (χ1n) is 10.9. The zero-order valence-electron chi connectivity index (χ0n) is 18.8. The third-order valence-corrected chi connectivity index (χ3v) is 7.95. The van der Waals surface area contributed by atoms with Crippen molar-refractivity contribution in [3.8, 4) is 16.9 Å². The van der Waals surface area contributed by atoms with Gasteiger partial charge in [-0.15, -0.1) is 0 Å². The van der Waals surface area contributed by atoms with Crippen LogP contribution in [0.25, 0.3) is 33.1 Å². The second kappa shape index (κ2) is 7.88. The topological polar surface area (TPSA) is 92.4 Å². The molecular formula is C25H25N3O4S. The second-order valence-electron chi connectivity index (χ2n) is 8.44. The molecule has 2 aromatic heterocycles. The SMILES string of the molecule is CCS(=O)(=O)c1cccc(-c2cc(N(C=O)C3CC3)c(OC)c3[nH]c4ncc(C)cc4c23)c1. The van der Waals surface area contributed by atoms with E-state index in [1.54, 1.807) is 43.3 Å². The summed E-state index contributed by atoms with van der Waals surface area (Å²) in [6, 6.07) is 11.1. The third-order valence-electron chi connectivity index (χ3n) is 6.22. The maximum atomic E-state index is 12.6. The molecule has 33 heavy (non-hydrogen) atoms. The number of sulfone groups is 1. The molecule has 1 N–H and O–H groups in total. The molecule has 1 amide bonds. The number of hydrogen-bond donors (Lipinski definition) is 1. The average molecular weight is 464 g/mol. The number of benzene rings is 2. The number of aromatic nitrogens is 2. The molecule has 8 heteroatoms. The number of methoxy groups -OCH3 is 1. The number of amides is 1. The Balaban J connectivity index is 1.89. The predicted octanol–water partition coefficient (Wildman–Crippen LogP) is 4.62. The van der Waals surface area contributed by atoms with Gasteiger partial charge < -0.3 is 14.6 Å². The number of aromatic amines is 1. The molecule has 5 rings (SSSR count). The Bertz CT molecular complexity index is 1500. The standard InChI is InChI=1S/C25H25N3O4S/c1-4-33(30,31)18-7-5-6-16(11-18)19-12-21(28(14-29)17-8-9-17)24(32-3)23-22(19)20-10-15(2)13-26-25(20)27-23/h5-7,10-14,17H,4,8-9H2,1-3H3,(H,26,27). The van der Waals surface area contributed by atoms with Crippen molar-refractivity contribution < 1.29 is 17.9 Å². The van der Waals surface area contributed by atoms with Crippen molar-refractivity contribution in [2.45, 2.75) is 37.6 Å². The number of carbonyl (C=O) groups excluding carboxylic acids is 1. The van der Waals surface area contributed by atoms with E-state index in [4.69, 9.17) is 4.74 Å². The van der Waals surface area contributed by atoms with E-state index in [-0.39, 0.29) is 16.7 Å². The fourth-order valence-corrected chi connectivity index (χ4v) is 5.30. The van der Waals surface area contributed by atoms with Gasteiger partial charge in [0.05, 0.1) is 29.0 Å². The molecular weight excluding hydrogens is 438 g/mol. The Morgan fingerprint density at radius 2 is 2.03 bits per heavy atom. The zero-order valence-corrected chi connectivity index (χ0v) is 19.6. The lowest BCUT2D eigenvalue weighted by molar-refractivity contribution is -0.107. The van der Waals surface area contributed by atoms with Crippen LogP contribution in [-0.2, 0) is 14.6 Å². The molecule has 7 nitrogen and oxygen atoms in total.